The summed E-state index contributed by atoms with van der Waals surface area (Å²) in [6.45, 7) is 0.965. The van der Waals surface area contributed by atoms with E-state index in [-0.39, 0.29) is 12.0 Å². The van der Waals surface area contributed by atoms with Crippen molar-refractivity contribution >= 4 is 5.91 Å². The van der Waals surface area contributed by atoms with Crippen molar-refractivity contribution in [1.29, 1.82) is 0 Å². The van der Waals surface area contributed by atoms with Crippen molar-refractivity contribution in [2.75, 3.05) is 6.61 Å². The molecule has 0 aromatic carbocycles. The number of aromatic nitrogens is 1. The predicted molar refractivity (Wildman–Crippen MR) is 56.1 cm³/mol. The lowest BCUT2D eigenvalue weighted by Crippen LogP contribution is -2.33. The largest absolute Gasteiger partial charge is 0.368 e. The molecule has 0 bridgehead atoms. The number of nitrogens with one attached hydrogen (secondary N) is 1. The summed E-state index contributed by atoms with van der Waals surface area (Å²) < 4.78 is 5.21. The maximum atomic E-state index is 11.5. The molecule has 0 radical (unpaired) electrons. The molecule has 1 aromatic rings. The highest BCUT2D eigenvalue weighted by Crippen LogP contribution is 2.11. The molecular formula is C11H14N2O3. The van der Waals surface area contributed by atoms with Gasteiger partial charge in [0.25, 0.3) is 5.91 Å². The Bertz CT molecular complexity index is 336. The Balaban J connectivity index is 1.70. The molecule has 0 spiro atoms. The first kappa shape index (κ1) is 11.0. The van der Waals surface area contributed by atoms with Gasteiger partial charge in [-0.2, -0.15) is 0 Å². The highest BCUT2D eigenvalue weighted by molar-refractivity contribution is 5.79. The van der Waals surface area contributed by atoms with Crippen molar-refractivity contribution < 1.29 is 14.4 Å². The minimum absolute atomic E-state index is 0.207. The number of nitrogens with zero attached hydrogens (tertiary/aromatic N) is 1. The first-order valence-electron chi connectivity index (χ1n) is 5.28. The quantitative estimate of drug-likeness (QED) is 0.766. The van der Waals surface area contributed by atoms with Gasteiger partial charge in [-0.05, 0) is 24.5 Å². The summed E-state index contributed by atoms with van der Waals surface area (Å²) in [4.78, 5) is 20.5. The lowest BCUT2D eigenvalue weighted by molar-refractivity contribution is -0.144. The zero-order valence-corrected chi connectivity index (χ0v) is 8.89. The van der Waals surface area contributed by atoms with Gasteiger partial charge in [-0.15, -0.1) is 0 Å². The van der Waals surface area contributed by atoms with E-state index in [1.54, 1.807) is 12.4 Å². The fourth-order valence-electron chi connectivity index (χ4n) is 1.52. The molecule has 2 rings (SSSR count). The van der Waals surface area contributed by atoms with Gasteiger partial charge in [0.05, 0.1) is 0 Å². The monoisotopic (exact) mass is 222 g/mol. The van der Waals surface area contributed by atoms with Crippen LogP contribution in [0.25, 0.3) is 0 Å². The molecular weight excluding hydrogens is 208 g/mol. The molecule has 0 unspecified atom stereocenters. The highest BCUT2D eigenvalue weighted by Gasteiger charge is 2.23. The van der Waals surface area contributed by atoms with Crippen LogP contribution < -0.4 is 5.48 Å². The topological polar surface area (TPSA) is 60.5 Å². The maximum absolute atomic E-state index is 11.5. The smallest absolute Gasteiger partial charge is 0.272 e. The molecule has 1 amide bonds. The second-order valence-corrected chi connectivity index (χ2v) is 3.62. The number of hydrogen-bond acceptors (Lipinski definition) is 4. The Hall–Kier alpha value is -1.46. The van der Waals surface area contributed by atoms with Crippen molar-refractivity contribution in [2.45, 2.75) is 25.6 Å². The van der Waals surface area contributed by atoms with Gasteiger partial charge >= 0.3 is 0 Å². The lowest BCUT2D eigenvalue weighted by atomic mass is 10.2. The Kier molecular flexibility index (Phi) is 3.85. The van der Waals surface area contributed by atoms with Crippen LogP contribution in [0.5, 0.6) is 0 Å². The van der Waals surface area contributed by atoms with Gasteiger partial charge in [0, 0.05) is 19.0 Å². The molecule has 1 atom stereocenters. The van der Waals surface area contributed by atoms with E-state index in [0.717, 1.165) is 18.4 Å². The SMILES string of the molecule is O=C(NOCc1cccnc1)[C@@H]1CCCO1. The van der Waals surface area contributed by atoms with Gasteiger partial charge in [0.15, 0.2) is 0 Å². The molecule has 1 N–H and O–H groups in total. The predicted octanol–water partition coefficient (Wildman–Crippen LogP) is 0.808. The van der Waals surface area contributed by atoms with Gasteiger partial charge in [0.1, 0.15) is 12.7 Å². The molecule has 0 aliphatic carbocycles. The minimum atomic E-state index is -0.353. The Labute approximate surface area is 93.7 Å². The Morgan fingerprint density at radius 1 is 1.69 bits per heavy atom. The molecule has 86 valence electrons. The van der Waals surface area contributed by atoms with Crippen LogP contribution in [0, 0.1) is 0 Å². The summed E-state index contributed by atoms with van der Waals surface area (Å²) in [5.41, 5.74) is 3.29. The van der Waals surface area contributed by atoms with Crippen molar-refractivity contribution in [3.8, 4) is 0 Å². The molecule has 5 heteroatoms. The summed E-state index contributed by atoms with van der Waals surface area (Å²) in [6.07, 6.45) is 4.73. The molecule has 0 saturated carbocycles. The summed E-state index contributed by atoms with van der Waals surface area (Å²) in [5, 5.41) is 0. The molecule has 1 aliphatic heterocycles. The zero-order valence-electron chi connectivity index (χ0n) is 8.89. The number of pyridine rings is 1. The minimum Gasteiger partial charge on any atom is -0.368 e. The molecule has 1 aliphatic rings. The summed E-state index contributed by atoms with van der Waals surface area (Å²) in [7, 11) is 0. The van der Waals surface area contributed by atoms with E-state index in [4.69, 9.17) is 9.57 Å². The van der Waals surface area contributed by atoms with E-state index in [1.165, 1.54) is 0 Å². The second kappa shape index (κ2) is 5.58. The van der Waals surface area contributed by atoms with Crippen LogP contribution in [-0.2, 0) is 21.0 Å². The van der Waals surface area contributed by atoms with Crippen molar-refractivity contribution in [1.82, 2.24) is 10.5 Å². The maximum Gasteiger partial charge on any atom is 0.272 e. The third kappa shape index (κ3) is 3.01. The Morgan fingerprint density at radius 3 is 3.31 bits per heavy atom. The molecule has 2 heterocycles. The van der Waals surface area contributed by atoms with Gasteiger partial charge in [0.2, 0.25) is 0 Å². The van der Waals surface area contributed by atoms with E-state index in [0.29, 0.717) is 13.2 Å². The second-order valence-electron chi connectivity index (χ2n) is 3.62. The van der Waals surface area contributed by atoms with Crippen LogP contribution in [-0.4, -0.2) is 23.6 Å². The standard InChI is InChI=1S/C11H14N2O3/c14-11(10-4-2-6-15-10)13-16-8-9-3-1-5-12-7-9/h1,3,5,7,10H,2,4,6,8H2,(H,13,14)/t10-/m0/s1. The highest BCUT2D eigenvalue weighted by atomic mass is 16.7. The summed E-state index contributed by atoms with van der Waals surface area (Å²) in [5.74, 6) is -0.207. The average Bonchev–Trinajstić information content (AvgIpc) is 2.84. The van der Waals surface area contributed by atoms with Crippen molar-refractivity contribution in [2.24, 2.45) is 0 Å². The van der Waals surface area contributed by atoms with Crippen LogP contribution in [0.15, 0.2) is 24.5 Å². The number of amides is 1. The number of rotatable bonds is 4. The average molecular weight is 222 g/mol. The molecule has 1 saturated heterocycles. The van der Waals surface area contributed by atoms with Gasteiger partial charge in [-0.1, -0.05) is 6.07 Å². The van der Waals surface area contributed by atoms with Crippen LogP contribution in [0.4, 0.5) is 0 Å². The van der Waals surface area contributed by atoms with Crippen LogP contribution in [0.3, 0.4) is 0 Å². The summed E-state index contributed by atoms with van der Waals surface area (Å²) in [6, 6.07) is 3.70. The van der Waals surface area contributed by atoms with E-state index < -0.39 is 0 Å². The Morgan fingerprint density at radius 2 is 2.62 bits per heavy atom. The first-order chi connectivity index (χ1) is 7.86. The number of carbonyl (C=O) groups excluding carboxylic acids is 1. The number of hydrogen-bond donors (Lipinski definition) is 1. The third-order valence-electron chi connectivity index (χ3n) is 2.36. The molecule has 1 aromatic heterocycles. The molecule has 16 heavy (non-hydrogen) atoms. The fraction of sp³-hybridized carbons (Fsp3) is 0.455. The van der Waals surface area contributed by atoms with Gasteiger partial charge in [-0.3, -0.25) is 14.6 Å². The third-order valence-corrected chi connectivity index (χ3v) is 2.36. The van der Waals surface area contributed by atoms with E-state index in [2.05, 4.69) is 10.5 Å². The molecule has 5 nitrogen and oxygen atoms in total. The van der Waals surface area contributed by atoms with Crippen LogP contribution in [0.1, 0.15) is 18.4 Å². The zero-order chi connectivity index (χ0) is 11.2. The van der Waals surface area contributed by atoms with E-state index in [9.17, 15) is 4.79 Å². The van der Waals surface area contributed by atoms with Crippen molar-refractivity contribution in [3.63, 3.8) is 0 Å². The molecule has 1 fully saturated rings. The fourth-order valence-corrected chi connectivity index (χ4v) is 1.52. The summed E-state index contributed by atoms with van der Waals surface area (Å²) >= 11 is 0. The van der Waals surface area contributed by atoms with Crippen LogP contribution >= 0.6 is 0 Å². The number of hydroxylamine groups is 1. The van der Waals surface area contributed by atoms with E-state index in [1.807, 2.05) is 12.1 Å². The van der Waals surface area contributed by atoms with Gasteiger partial charge in [-0.25, -0.2) is 5.48 Å². The van der Waals surface area contributed by atoms with Crippen molar-refractivity contribution in [3.05, 3.63) is 30.1 Å². The van der Waals surface area contributed by atoms with Gasteiger partial charge < -0.3 is 4.74 Å². The first-order valence-corrected chi connectivity index (χ1v) is 5.28. The number of carbonyl (C=O) groups is 1. The van der Waals surface area contributed by atoms with Crippen LogP contribution in [0.2, 0.25) is 0 Å². The normalized spacial score (nSPS) is 19.6. The number of ether oxygens (including phenoxy) is 1. The lowest BCUT2D eigenvalue weighted by Gasteiger charge is -2.09. The van der Waals surface area contributed by atoms with E-state index >= 15 is 0 Å².